The number of H-pyrrole nitrogens is 1. The van der Waals surface area contributed by atoms with Crippen LogP contribution < -0.4 is 5.32 Å². The first kappa shape index (κ1) is 14.8. The zero-order valence-electron chi connectivity index (χ0n) is 12.8. The SMILES string of the molecule is Cc1ccc(C(CNCc2cn[nH]c2C)N(C)C)cc1. The number of nitrogens with zero attached hydrogens (tertiary/aromatic N) is 2. The van der Waals surface area contributed by atoms with Crippen LogP contribution in [0.25, 0.3) is 0 Å². The minimum atomic E-state index is 0.378. The van der Waals surface area contributed by atoms with Crippen LogP contribution in [0.15, 0.2) is 30.5 Å². The molecule has 4 heteroatoms. The minimum Gasteiger partial charge on any atom is -0.311 e. The summed E-state index contributed by atoms with van der Waals surface area (Å²) in [5, 5.41) is 10.5. The van der Waals surface area contributed by atoms with Crippen molar-refractivity contribution in [3.05, 3.63) is 52.8 Å². The Balaban J connectivity index is 1.96. The Morgan fingerprint density at radius 1 is 1.20 bits per heavy atom. The Bertz CT molecular complexity index is 528. The number of nitrogens with one attached hydrogen (secondary N) is 2. The van der Waals surface area contributed by atoms with E-state index in [4.69, 9.17) is 0 Å². The largest absolute Gasteiger partial charge is 0.311 e. The van der Waals surface area contributed by atoms with E-state index in [1.807, 2.05) is 13.1 Å². The molecule has 0 aliphatic carbocycles. The zero-order chi connectivity index (χ0) is 14.5. The number of aromatic nitrogens is 2. The number of benzene rings is 1. The van der Waals surface area contributed by atoms with E-state index in [0.29, 0.717) is 6.04 Å². The van der Waals surface area contributed by atoms with Crippen molar-refractivity contribution >= 4 is 0 Å². The predicted octanol–water partition coefficient (Wildman–Crippen LogP) is 2.42. The monoisotopic (exact) mass is 272 g/mol. The van der Waals surface area contributed by atoms with Crippen LogP contribution in [0.2, 0.25) is 0 Å². The Labute approximate surface area is 121 Å². The second kappa shape index (κ2) is 6.68. The van der Waals surface area contributed by atoms with Crippen LogP contribution in [0.5, 0.6) is 0 Å². The molecule has 1 atom stereocenters. The molecule has 1 heterocycles. The van der Waals surface area contributed by atoms with Crippen LogP contribution in [0.1, 0.15) is 28.4 Å². The molecule has 108 valence electrons. The van der Waals surface area contributed by atoms with Crippen molar-refractivity contribution in [3.63, 3.8) is 0 Å². The average Bonchev–Trinajstić information content (AvgIpc) is 2.81. The van der Waals surface area contributed by atoms with Crippen molar-refractivity contribution < 1.29 is 0 Å². The highest BCUT2D eigenvalue weighted by atomic mass is 15.1. The van der Waals surface area contributed by atoms with Gasteiger partial charge < -0.3 is 10.2 Å². The Morgan fingerprint density at radius 3 is 2.45 bits per heavy atom. The predicted molar refractivity (Wildman–Crippen MR) is 82.6 cm³/mol. The molecule has 1 aromatic carbocycles. The Morgan fingerprint density at radius 2 is 1.90 bits per heavy atom. The van der Waals surface area contributed by atoms with Crippen LogP contribution in [0.3, 0.4) is 0 Å². The summed E-state index contributed by atoms with van der Waals surface area (Å²) in [6, 6.07) is 9.15. The lowest BCUT2D eigenvalue weighted by atomic mass is 10.0. The summed E-state index contributed by atoms with van der Waals surface area (Å²) in [5.41, 5.74) is 5.01. The van der Waals surface area contributed by atoms with Crippen LogP contribution in [0.4, 0.5) is 0 Å². The third-order valence-corrected chi connectivity index (χ3v) is 3.67. The van der Waals surface area contributed by atoms with Gasteiger partial charge in [-0.25, -0.2) is 0 Å². The van der Waals surface area contributed by atoms with Gasteiger partial charge in [0.05, 0.1) is 6.20 Å². The van der Waals surface area contributed by atoms with Gasteiger partial charge in [-0.3, -0.25) is 5.10 Å². The lowest BCUT2D eigenvalue weighted by Crippen LogP contribution is -2.30. The maximum atomic E-state index is 4.05. The maximum Gasteiger partial charge on any atom is 0.0535 e. The fourth-order valence-electron chi connectivity index (χ4n) is 2.28. The lowest BCUT2D eigenvalue weighted by Gasteiger charge is -2.25. The van der Waals surface area contributed by atoms with Gasteiger partial charge in [0.25, 0.3) is 0 Å². The number of hydrogen-bond acceptors (Lipinski definition) is 3. The lowest BCUT2D eigenvalue weighted by molar-refractivity contribution is 0.288. The molecule has 0 saturated heterocycles. The molecular formula is C16H24N4. The van der Waals surface area contributed by atoms with Crippen molar-refractivity contribution in [2.24, 2.45) is 0 Å². The normalized spacial score (nSPS) is 12.8. The highest BCUT2D eigenvalue weighted by Gasteiger charge is 2.13. The summed E-state index contributed by atoms with van der Waals surface area (Å²) in [6.45, 7) is 5.93. The maximum absolute atomic E-state index is 4.05. The minimum absolute atomic E-state index is 0.378. The average molecular weight is 272 g/mol. The van der Waals surface area contributed by atoms with Gasteiger partial charge in [-0.1, -0.05) is 29.8 Å². The van der Waals surface area contributed by atoms with Gasteiger partial charge in [0.15, 0.2) is 0 Å². The van der Waals surface area contributed by atoms with E-state index in [9.17, 15) is 0 Å². The summed E-state index contributed by atoms with van der Waals surface area (Å²) in [6.07, 6.45) is 1.89. The summed E-state index contributed by atoms with van der Waals surface area (Å²) in [7, 11) is 4.24. The van der Waals surface area contributed by atoms with Crippen molar-refractivity contribution in [1.82, 2.24) is 20.4 Å². The smallest absolute Gasteiger partial charge is 0.0535 e. The van der Waals surface area contributed by atoms with E-state index >= 15 is 0 Å². The standard InChI is InChI=1S/C16H24N4/c1-12-5-7-14(8-6-12)16(20(3)4)11-17-9-15-10-18-19-13(15)2/h5-8,10,16-17H,9,11H2,1-4H3,(H,18,19). The number of hydrogen-bond donors (Lipinski definition) is 2. The van der Waals surface area contributed by atoms with Gasteiger partial charge in [-0.05, 0) is 33.5 Å². The first-order chi connectivity index (χ1) is 9.58. The van der Waals surface area contributed by atoms with Crippen LogP contribution in [-0.4, -0.2) is 35.7 Å². The third-order valence-electron chi connectivity index (χ3n) is 3.67. The molecule has 2 N–H and O–H groups in total. The van der Waals surface area contributed by atoms with Crippen LogP contribution in [0, 0.1) is 13.8 Å². The van der Waals surface area contributed by atoms with Crippen molar-refractivity contribution in [3.8, 4) is 0 Å². The molecule has 0 aliphatic rings. The molecular weight excluding hydrogens is 248 g/mol. The fourth-order valence-corrected chi connectivity index (χ4v) is 2.28. The first-order valence-electron chi connectivity index (χ1n) is 7.00. The van der Waals surface area contributed by atoms with E-state index in [0.717, 1.165) is 18.8 Å². The van der Waals surface area contributed by atoms with E-state index in [-0.39, 0.29) is 0 Å². The van der Waals surface area contributed by atoms with E-state index in [1.165, 1.54) is 16.7 Å². The van der Waals surface area contributed by atoms with Crippen molar-refractivity contribution in [2.45, 2.75) is 26.4 Å². The summed E-state index contributed by atoms with van der Waals surface area (Å²) in [5.74, 6) is 0. The molecule has 4 nitrogen and oxygen atoms in total. The fraction of sp³-hybridized carbons (Fsp3) is 0.438. The number of aromatic amines is 1. The molecule has 2 aromatic rings. The number of likely N-dealkylation sites (N-methyl/N-ethyl adjacent to an activating group) is 1. The second-order valence-electron chi connectivity index (χ2n) is 5.54. The van der Waals surface area contributed by atoms with E-state index in [1.54, 1.807) is 0 Å². The molecule has 0 saturated carbocycles. The molecule has 0 amide bonds. The first-order valence-corrected chi connectivity index (χ1v) is 7.00. The summed E-state index contributed by atoms with van der Waals surface area (Å²) < 4.78 is 0. The second-order valence-corrected chi connectivity index (χ2v) is 5.54. The Kier molecular flexibility index (Phi) is 4.93. The summed E-state index contributed by atoms with van der Waals surface area (Å²) >= 11 is 0. The third kappa shape index (κ3) is 3.68. The number of rotatable bonds is 6. The molecule has 0 spiro atoms. The zero-order valence-corrected chi connectivity index (χ0v) is 12.8. The van der Waals surface area contributed by atoms with Gasteiger partial charge >= 0.3 is 0 Å². The van der Waals surface area contributed by atoms with Gasteiger partial charge in [-0.15, -0.1) is 0 Å². The van der Waals surface area contributed by atoms with Crippen LogP contribution in [-0.2, 0) is 6.54 Å². The topological polar surface area (TPSA) is 44.0 Å². The van der Waals surface area contributed by atoms with Gasteiger partial charge in [0, 0.05) is 30.4 Å². The molecule has 1 unspecified atom stereocenters. The molecule has 2 rings (SSSR count). The molecule has 0 aliphatic heterocycles. The van der Waals surface area contributed by atoms with Crippen LogP contribution >= 0.6 is 0 Å². The van der Waals surface area contributed by atoms with Crippen molar-refractivity contribution in [1.29, 1.82) is 0 Å². The molecule has 0 fully saturated rings. The molecule has 20 heavy (non-hydrogen) atoms. The highest BCUT2D eigenvalue weighted by Crippen LogP contribution is 2.18. The van der Waals surface area contributed by atoms with Crippen molar-refractivity contribution in [2.75, 3.05) is 20.6 Å². The van der Waals surface area contributed by atoms with Gasteiger partial charge in [0.2, 0.25) is 0 Å². The quantitative estimate of drug-likeness (QED) is 0.849. The summed E-state index contributed by atoms with van der Waals surface area (Å²) in [4.78, 5) is 2.25. The van der Waals surface area contributed by atoms with E-state index < -0.39 is 0 Å². The van der Waals surface area contributed by atoms with Gasteiger partial charge in [-0.2, -0.15) is 5.10 Å². The molecule has 0 bridgehead atoms. The van der Waals surface area contributed by atoms with Gasteiger partial charge in [0.1, 0.15) is 0 Å². The molecule has 1 aromatic heterocycles. The Hall–Kier alpha value is -1.65. The highest BCUT2D eigenvalue weighted by molar-refractivity contribution is 5.24. The van der Waals surface area contributed by atoms with E-state index in [2.05, 4.69) is 65.7 Å². The molecule has 0 radical (unpaired) electrons. The number of aryl methyl sites for hydroxylation is 2.